The number of aliphatic hydroxyl groups is 3. The molecule has 0 unspecified atom stereocenters. The summed E-state index contributed by atoms with van der Waals surface area (Å²) in [5.74, 6) is -3.51. The van der Waals surface area contributed by atoms with Crippen LogP contribution < -0.4 is 4.74 Å². The lowest BCUT2D eigenvalue weighted by molar-refractivity contribution is -0.224. The van der Waals surface area contributed by atoms with Crippen molar-refractivity contribution in [3.63, 3.8) is 0 Å². The number of fused-ring (bicyclic) bond motifs is 7. The molecule has 0 aromatic heterocycles. The van der Waals surface area contributed by atoms with E-state index in [-0.39, 0.29) is 49.5 Å². The number of benzene rings is 1. The molecule has 10 rings (SSSR count). The van der Waals surface area contributed by atoms with Gasteiger partial charge < -0.3 is 34.3 Å². The molecule has 2 saturated heterocycles. The molecule has 0 radical (unpaired) electrons. The van der Waals surface area contributed by atoms with E-state index in [1.54, 1.807) is 13.0 Å². The molecule has 3 N–H and O–H groups in total. The summed E-state index contributed by atoms with van der Waals surface area (Å²) in [6.07, 6.45) is 9.27. The molecule has 9 aliphatic rings. The number of carbonyl (C=O) groups is 4. The molecule has 3 heterocycles. The molecule has 2 spiro atoms. The van der Waals surface area contributed by atoms with Crippen LogP contribution in [0, 0.1) is 50.7 Å². The van der Waals surface area contributed by atoms with Gasteiger partial charge in [-0.15, -0.1) is 0 Å². The summed E-state index contributed by atoms with van der Waals surface area (Å²) >= 11 is 0. The summed E-state index contributed by atoms with van der Waals surface area (Å²) in [7, 11) is 0. The third-order valence-electron chi connectivity index (χ3n) is 17.1. The van der Waals surface area contributed by atoms with Crippen LogP contribution in [0.15, 0.2) is 48.1 Å². The van der Waals surface area contributed by atoms with E-state index in [9.17, 15) is 24.6 Å². The van der Waals surface area contributed by atoms with Gasteiger partial charge in [-0.3, -0.25) is 19.2 Å². The van der Waals surface area contributed by atoms with Gasteiger partial charge in [0.1, 0.15) is 11.9 Å². The lowest BCUT2D eigenvalue weighted by atomic mass is 9.34. The number of carbonyl (C=O) groups excluding carboxylic acids is 4. The SMILES string of the molecule is C[C@]12CC=C3[C@@]4(C[C@]3(C)[C@@H]1[C@@H](O)C(=O)[C@]1(C)[C@@H]2C=C[C@]23C[C@@]21CC[C@@H]3[C@@H]1C[C@@]2(OC[C@](C)(OC(=O)CCCCCO)[C@H]2O)OC1=O)Oc1ccccc1C4=O. The maximum absolute atomic E-state index is 15.0. The fraction of sp³-hybridized carbons (Fsp3) is 0.682. The van der Waals surface area contributed by atoms with E-state index in [0.717, 1.165) is 18.4 Å². The first-order valence-corrected chi connectivity index (χ1v) is 20.4. The lowest BCUT2D eigenvalue weighted by Crippen LogP contribution is -2.73. The Morgan fingerprint density at radius 1 is 1.00 bits per heavy atom. The van der Waals surface area contributed by atoms with Gasteiger partial charge in [-0.05, 0) is 91.2 Å². The number of ether oxygens (including phenoxy) is 4. The fourth-order valence-electron chi connectivity index (χ4n) is 14.8. The highest BCUT2D eigenvalue weighted by atomic mass is 16.8. The molecule has 11 nitrogen and oxygen atoms in total. The van der Waals surface area contributed by atoms with Crippen LogP contribution in [0.25, 0.3) is 0 Å². The minimum Gasteiger partial charge on any atom is -0.474 e. The quantitative estimate of drug-likeness (QED) is 0.199. The molecular weight excluding hydrogens is 704 g/mol. The van der Waals surface area contributed by atoms with Crippen LogP contribution in [0.2, 0.25) is 0 Å². The molecule has 1 aromatic carbocycles. The second-order valence-corrected chi connectivity index (χ2v) is 19.5. The largest absolute Gasteiger partial charge is 0.474 e. The zero-order valence-electron chi connectivity index (χ0n) is 32.1. The monoisotopic (exact) mass is 756 g/mol. The van der Waals surface area contributed by atoms with Crippen LogP contribution in [-0.2, 0) is 28.6 Å². The van der Waals surface area contributed by atoms with Crippen LogP contribution in [0.1, 0.15) is 102 Å². The third kappa shape index (κ3) is 4.02. The van der Waals surface area contributed by atoms with Crippen molar-refractivity contribution in [2.45, 2.75) is 121 Å². The van der Waals surface area contributed by atoms with Crippen molar-refractivity contribution < 1.29 is 53.4 Å². The predicted octanol–water partition coefficient (Wildman–Crippen LogP) is 4.79. The summed E-state index contributed by atoms with van der Waals surface area (Å²) in [5, 5.41) is 33.0. The van der Waals surface area contributed by atoms with Crippen molar-refractivity contribution in [1.82, 2.24) is 0 Å². The highest BCUT2D eigenvalue weighted by Gasteiger charge is 2.87. The number of ketones is 2. The van der Waals surface area contributed by atoms with E-state index in [4.69, 9.17) is 24.1 Å². The Hall–Kier alpha value is -3.38. The molecule has 6 aliphatic carbocycles. The minimum atomic E-state index is -1.64. The maximum atomic E-state index is 15.0. The number of para-hydroxylation sites is 1. The fourth-order valence-corrected chi connectivity index (χ4v) is 14.8. The molecule has 14 atom stereocenters. The summed E-state index contributed by atoms with van der Waals surface area (Å²) in [5.41, 5.74) is -3.88. The minimum absolute atomic E-state index is 0.0493. The molecule has 0 bridgehead atoms. The number of hydrogen-bond donors (Lipinski definition) is 3. The first-order chi connectivity index (χ1) is 26.0. The summed E-state index contributed by atoms with van der Waals surface area (Å²) < 4.78 is 24.2. The topological polar surface area (TPSA) is 166 Å². The van der Waals surface area contributed by atoms with Crippen LogP contribution in [-0.4, -0.2) is 81.2 Å². The highest BCUT2D eigenvalue weighted by molar-refractivity contribution is 6.11. The van der Waals surface area contributed by atoms with Crippen molar-refractivity contribution >= 4 is 23.5 Å². The molecule has 3 aliphatic heterocycles. The number of esters is 2. The number of allylic oxidation sites excluding steroid dienone is 3. The van der Waals surface area contributed by atoms with Gasteiger partial charge >= 0.3 is 11.9 Å². The van der Waals surface area contributed by atoms with E-state index in [1.807, 2.05) is 18.2 Å². The molecule has 0 amide bonds. The van der Waals surface area contributed by atoms with Crippen LogP contribution in [0.3, 0.4) is 0 Å². The Kier molecular flexibility index (Phi) is 7.18. The van der Waals surface area contributed by atoms with Crippen molar-refractivity contribution in [2.75, 3.05) is 13.2 Å². The van der Waals surface area contributed by atoms with Gasteiger partial charge in [0.2, 0.25) is 11.6 Å². The van der Waals surface area contributed by atoms with Crippen molar-refractivity contribution in [3.05, 3.63) is 53.6 Å². The Balaban J connectivity index is 0.921. The van der Waals surface area contributed by atoms with Crippen LogP contribution in [0.5, 0.6) is 5.75 Å². The number of aliphatic hydroxyl groups excluding tert-OH is 3. The first-order valence-electron chi connectivity index (χ1n) is 20.4. The highest BCUT2D eigenvalue weighted by Crippen LogP contribution is 2.89. The summed E-state index contributed by atoms with van der Waals surface area (Å²) in [4.78, 5) is 55.4. The van der Waals surface area contributed by atoms with Gasteiger partial charge in [-0.1, -0.05) is 57.6 Å². The standard InChI is InChI=1S/C44H52O11/c1-37-16-14-29-38(2,21-43(29)33(48)24-10-7-8-11-27(24)53-43)32(37)31(47)34(49)40(4)28(37)15-17-41-22-42(40,41)18-13-26(41)25-20-44(55-35(25)50)36(51)39(3,23-52-44)54-30(46)12-6-5-9-19-45/h7-8,10-11,14-15,17,25-26,28,31-32,36,45,47,51H,5-6,9,12-13,16,18-23H2,1-4H3/t25-,26+,28+,31+,32+,36+,37+,38-,39-,40-,41+,42+,43+,44+/m0/s1. The van der Waals surface area contributed by atoms with E-state index in [2.05, 4.69) is 39.0 Å². The van der Waals surface area contributed by atoms with Crippen LogP contribution in [0.4, 0.5) is 0 Å². The first kappa shape index (κ1) is 36.0. The number of hydrogen-bond acceptors (Lipinski definition) is 11. The summed E-state index contributed by atoms with van der Waals surface area (Å²) in [6, 6.07) is 7.33. The molecule has 55 heavy (non-hydrogen) atoms. The van der Waals surface area contributed by atoms with E-state index in [0.29, 0.717) is 49.8 Å². The van der Waals surface area contributed by atoms with E-state index in [1.165, 1.54) is 0 Å². The molecule has 1 aromatic rings. The Morgan fingerprint density at radius 2 is 1.78 bits per heavy atom. The smallest absolute Gasteiger partial charge is 0.312 e. The molecular formula is C44H52O11. The van der Waals surface area contributed by atoms with Gasteiger partial charge in [-0.25, -0.2) is 0 Å². The van der Waals surface area contributed by atoms with Gasteiger partial charge in [0.05, 0.1) is 18.1 Å². The average Bonchev–Trinajstić information content (AvgIpc) is 3.28. The van der Waals surface area contributed by atoms with Crippen molar-refractivity contribution in [2.24, 2.45) is 50.7 Å². The van der Waals surface area contributed by atoms with Gasteiger partial charge in [0, 0.05) is 42.6 Å². The molecule has 294 valence electrons. The second kappa shape index (κ2) is 11.0. The normalized spacial score (nSPS) is 50.6. The maximum Gasteiger partial charge on any atom is 0.312 e. The average molecular weight is 757 g/mol. The molecule has 6 fully saturated rings. The zero-order valence-corrected chi connectivity index (χ0v) is 32.1. The van der Waals surface area contributed by atoms with Gasteiger partial charge in [-0.2, -0.15) is 0 Å². The van der Waals surface area contributed by atoms with Crippen molar-refractivity contribution in [1.29, 1.82) is 0 Å². The van der Waals surface area contributed by atoms with Gasteiger partial charge in [0.15, 0.2) is 23.1 Å². The summed E-state index contributed by atoms with van der Waals surface area (Å²) in [6.45, 7) is 7.90. The second-order valence-electron chi connectivity index (χ2n) is 19.5. The third-order valence-corrected chi connectivity index (χ3v) is 17.1. The van der Waals surface area contributed by atoms with Crippen molar-refractivity contribution in [3.8, 4) is 5.75 Å². The predicted molar refractivity (Wildman–Crippen MR) is 194 cm³/mol. The molecule has 11 heteroatoms. The Morgan fingerprint density at radius 3 is 2.55 bits per heavy atom. The Labute approximate surface area is 320 Å². The molecule has 4 saturated carbocycles. The number of unbranched alkanes of at least 4 members (excludes halogenated alkanes) is 2. The Bertz CT molecular complexity index is 2010. The zero-order chi connectivity index (χ0) is 38.8. The van der Waals surface area contributed by atoms with E-state index >= 15 is 4.79 Å². The van der Waals surface area contributed by atoms with Gasteiger partial charge in [0.25, 0.3) is 0 Å². The number of rotatable bonds is 7. The number of Topliss-reactive ketones (excluding diaryl/α,β-unsaturated/α-hetero) is 2. The van der Waals surface area contributed by atoms with E-state index < -0.39 is 80.0 Å². The lowest BCUT2D eigenvalue weighted by Gasteiger charge is -2.69. The van der Waals surface area contributed by atoms with Crippen LogP contribution >= 0.6 is 0 Å².